The number of nitrogens with zero attached hydrogens (tertiary/aromatic N) is 1. The molecule has 98 valence electrons. The van der Waals surface area contributed by atoms with Gasteiger partial charge in [0.15, 0.2) is 11.6 Å². The molecule has 0 bridgehead atoms. The number of nitrogens with one attached hydrogen (secondary N) is 3. The molecule has 1 heterocycles. The third-order valence-electron chi connectivity index (χ3n) is 2.08. The lowest BCUT2D eigenvalue weighted by molar-refractivity contribution is 0.0950. The van der Waals surface area contributed by atoms with Crippen LogP contribution in [0.2, 0.25) is 0 Å². The van der Waals surface area contributed by atoms with E-state index in [1.807, 2.05) is 0 Å². The Labute approximate surface area is 103 Å². The van der Waals surface area contributed by atoms with Crippen molar-refractivity contribution < 1.29 is 14.0 Å². The fourth-order valence-corrected chi connectivity index (χ4v) is 1.25. The van der Waals surface area contributed by atoms with Crippen LogP contribution in [0.1, 0.15) is 10.4 Å². The van der Waals surface area contributed by atoms with Crippen molar-refractivity contribution in [1.82, 2.24) is 15.6 Å². The number of aromatic nitrogens is 1. The van der Waals surface area contributed by atoms with Crippen LogP contribution >= 0.6 is 0 Å². The summed E-state index contributed by atoms with van der Waals surface area (Å²) in [5.74, 6) is -1.31. The molecule has 0 atom stereocenters. The predicted molar refractivity (Wildman–Crippen MR) is 63.7 cm³/mol. The van der Waals surface area contributed by atoms with Gasteiger partial charge in [-0.15, -0.1) is 0 Å². The molecule has 0 saturated heterocycles. The van der Waals surface area contributed by atoms with Crippen molar-refractivity contribution >= 4 is 17.8 Å². The van der Waals surface area contributed by atoms with E-state index in [0.29, 0.717) is 0 Å². The van der Waals surface area contributed by atoms with Crippen LogP contribution in [0.15, 0.2) is 12.3 Å². The monoisotopic (exact) mass is 255 g/mol. The second-order valence-corrected chi connectivity index (χ2v) is 3.32. The molecule has 0 aliphatic rings. The van der Waals surface area contributed by atoms with Crippen molar-refractivity contribution in [3.8, 4) is 0 Å². The van der Waals surface area contributed by atoms with Gasteiger partial charge >= 0.3 is 6.03 Å². The topological polar surface area (TPSA) is 109 Å². The Morgan fingerprint density at radius 1 is 1.39 bits per heavy atom. The van der Waals surface area contributed by atoms with Crippen molar-refractivity contribution in [2.45, 2.75) is 0 Å². The first-order chi connectivity index (χ1) is 8.56. The Bertz CT molecular complexity index is 452. The molecule has 0 unspecified atom stereocenters. The molecule has 0 fully saturated rings. The third kappa shape index (κ3) is 3.58. The maximum absolute atomic E-state index is 13.7. The van der Waals surface area contributed by atoms with E-state index in [9.17, 15) is 14.0 Å². The van der Waals surface area contributed by atoms with Crippen molar-refractivity contribution in [2.24, 2.45) is 5.73 Å². The summed E-state index contributed by atoms with van der Waals surface area (Å²) in [4.78, 5) is 25.7. The molecular formula is C10H14FN5O2. The van der Waals surface area contributed by atoms with Crippen LogP contribution in [0.4, 0.5) is 15.0 Å². The van der Waals surface area contributed by atoms with E-state index in [0.717, 1.165) is 0 Å². The number of carbonyl (C=O) groups excluding carboxylic acids is 2. The molecule has 0 aliphatic carbocycles. The molecule has 0 spiro atoms. The zero-order chi connectivity index (χ0) is 13.5. The van der Waals surface area contributed by atoms with Gasteiger partial charge in [0.05, 0.1) is 5.56 Å². The van der Waals surface area contributed by atoms with Gasteiger partial charge in [-0.25, -0.2) is 14.2 Å². The van der Waals surface area contributed by atoms with Crippen LogP contribution in [-0.2, 0) is 0 Å². The number of rotatable bonds is 5. The first-order valence-electron chi connectivity index (χ1n) is 5.20. The number of halogens is 1. The molecule has 1 aromatic rings. The van der Waals surface area contributed by atoms with E-state index >= 15 is 0 Å². The highest BCUT2D eigenvalue weighted by atomic mass is 19.1. The molecule has 1 rings (SSSR count). The van der Waals surface area contributed by atoms with Crippen molar-refractivity contribution in [3.63, 3.8) is 0 Å². The predicted octanol–water partition coefficient (Wildman–Crippen LogP) is -0.340. The van der Waals surface area contributed by atoms with Gasteiger partial charge in [0.2, 0.25) is 0 Å². The van der Waals surface area contributed by atoms with Crippen molar-refractivity contribution in [2.75, 3.05) is 25.5 Å². The zero-order valence-electron chi connectivity index (χ0n) is 9.79. The highest BCUT2D eigenvalue weighted by Crippen LogP contribution is 2.13. The molecule has 0 saturated carbocycles. The second-order valence-electron chi connectivity index (χ2n) is 3.32. The van der Waals surface area contributed by atoms with Crippen LogP contribution in [0.5, 0.6) is 0 Å². The largest absolute Gasteiger partial charge is 0.371 e. The number of carbonyl (C=O) groups is 2. The van der Waals surface area contributed by atoms with Gasteiger partial charge in [-0.2, -0.15) is 0 Å². The fraction of sp³-hybridized carbons (Fsp3) is 0.300. The Morgan fingerprint density at radius 2 is 2.06 bits per heavy atom. The van der Waals surface area contributed by atoms with Gasteiger partial charge in [-0.3, -0.25) is 4.79 Å². The van der Waals surface area contributed by atoms with Gasteiger partial charge in [0.1, 0.15) is 0 Å². The minimum Gasteiger partial charge on any atom is -0.371 e. The van der Waals surface area contributed by atoms with E-state index in [1.54, 1.807) is 0 Å². The molecule has 7 nitrogen and oxygen atoms in total. The Hall–Kier alpha value is -2.38. The average molecular weight is 255 g/mol. The first-order valence-corrected chi connectivity index (χ1v) is 5.20. The van der Waals surface area contributed by atoms with Crippen LogP contribution in [0.3, 0.4) is 0 Å². The summed E-state index contributed by atoms with van der Waals surface area (Å²) in [7, 11) is 1.50. The summed E-state index contributed by atoms with van der Waals surface area (Å²) in [6.07, 6.45) is 1.32. The van der Waals surface area contributed by atoms with Crippen LogP contribution in [0.25, 0.3) is 0 Å². The van der Waals surface area contributed by atoms with Gasteiger partial charge in [0.25, 0.3) is 5.91 Å². The van der Waals surface area contributed by atoms with E-state index < -0.39 is 17.8 Å². The standard InChI is InChI=1S/C10H14FN5O2/c1-13-8-7(11)6(2-3-14-8)9(17)15-4-5-16-10(12)18/h2-3H,4-5H2,1H3,(H,13,14)(H,15,17)(H3,12,16,18). The third-order valence-corrected chi connectivity index (χ3v) is 2.08. The SMILES string of the molecule is CNc1nccc(C(=O)NCCNC(N)=O)c1F. The van der Waals surface area contributed by atoms with Gasteiger partial charge in [-0.05, 0) is 6.07 Å². The number of hydrogen-bond acceptors (Lipinski definition) is 4. The summed E-state index contributed by atoms with van der Waals surface area (Å²) in [6, 6.07) is 0.587. The maximum atomic E-state index is 13.7. The number of primary amides is 1. The van der Waals surface area contributed by atoms with E-state index in [4.69, 9.17) is 5.73 Å². The summed E-state index contributed by atoms with van der Waals surface area (Å²) >= 11 is 0. The number of anilines is 1. The summed E-state index contributed by atoms with van der Waals surface area (Å²) in [5.41, 5.74) is 4.73. The van der Waals surface area contributed by atoms with Gasteiger partial charge in [-0.1, -0.05) is 0 Å². The molecular weight excluding hydrogens is 241 g/mol. The smallest absolute Gasteiger partial charge is 0.312 e. The number of urea groups is 1. The molecule has 3 amide bonds. The van der Waals surface area contributed by atoms with E-state index in [-0.39, 0.29) is 24.5 Å². The highest BCUT2D eigenvalue weighted by molar-refractivity contribution is 5.95. The lowest BCUT2D eigenvalue weighted by Gasteiger charge is -2.08. The number of hydrogen-bond donors (Lipinski definition) is 4. The Kier molecular flexibility index (Phi) is 4.85. The van der Waals surface area contributed by atoms with E-state index in [2.05, 4.69) is 20.9 Å². The minimum absolute atomic E-state index is 0.00193. The van der Waals surface area contributed by atoms with Gasteiger partial charge in [0, 0.05) is 26.3 Å². The number of pyridine rings is 1. The van der Waals surface area contributed by atoms with Crippen LogP contribution in [0, 0.1) is 5.82 Å². The van der Waals surface area contributed by atoms with Gasteiger partial charge < -0.3 is 21.7 Å². The normalized spacial score (nSPS) is 9.67. The second kappa shape index (κ2) is 6.38. The number of nitrogens with two attached hydrogens (primary N) is 1. The maximum Gasteiger partial charge on any atom is 0.312 e. The van der Waals surface area contributed by atoms with Crippen LogP contribution in [-0.4, -0.2) is 37.1 Å². The molecule has 0 aromatic carbocycles. The molecule has 0 radical (unpaired) electrons. The molecule has 18 heavy (non-hydrogen) atoms. The quantitative estimate of drug-likeness (QED) is 0.539. The first kappa shape index (κ1) is 13.7. The molecule has 1 aromatic heterocycles. The zero-order valence-corrected chi connectivity index (χ0v) is 9.79. The lowest BCUT2D eigenvalue weighted by Crippen LogP contribution is -2.37. The van der Waals surface area contributed by atoms with Crippen LogP contribution < -0.4 is 21.7 Å². The molecule has 8 heteroatoms. The lowest BCUT2D eigenvalue weighted by atomic mass is 10.2. The number of amides is 3. The highest BCUT2D eigenvalue weighted by Gasteiger charge is 2.14. The average Bonchev–Trinajstić information content (AvgIpc) is 2.34. The fourth-order valence-electron chi connectivity index (χ4n) is 1.25. The Morgan fingerprint density at radius 3 is 2.67 bits per heavy atom. The Balaban J connectivity index is 2.59. The minimum atomic E-state index is -0.722. The summed E-state index contributed by atoms with van der Waals surface area (Å²) in [5, 5.41) is 7.27. The van der Waals surface area contributed by atoms with E-state index in [1.165, 1.54) is 19.3 Å². The van der Waals surface area contributed by atoms with Crippen molar-refractivity contribution in [3.05, 3.63) is 23.6 Å². The van der Waals surface area contributed by atoms with Crippen molar-refractivity contribution in [1.29, 1.82) is 0 Å². The molecule has 0 aliphatic heterocycles. The summed E-state index contributed by atoms with van der Waals surface area (Å²) < 4.78 is 13.7. The molecule has 5 N–H and O–H groups in total. The summed E-state index contributed by atoms with van der Waals surface area (Å²) in [6.45, 7) is 0.324.